The Kier molecular flexibility index (Phi) is 6.63. The Morgan fingerprint density at radius 2 is 2.00 bits per heavy atom. The summed E-state index contributed by atoms with van der Waals surface area (Å²) in [6, 6.07) is 7.09. The molecular weight excluding hydrogens is 192 g/mol. The predicted molar refractivity (Wildman–Crippen MR) is 59.2 cm³/mol. The monoisotopic (exact) mass is 208 g/mol. The minimum atomic E-state index is -0.323. The van der Waals surface area contributed by atoms with E-state index in [1.54, 1.807) is 18.2 Å². The molecule has 4 nitrogen and oxygen atoms in total. The maximum atomic E-state index is 11.2. The van der Waals surface area contributed by atoms with E-state index >= 15 is 0 Å². The zero-order valence-corrected chi connectivity index (χ0v) is 9.20. The quantitative estimate of drug-likeness (QED) is 0.583. The summed E-state index contributed by atoms with van der Waals surface area (Å²) >= 11 is 0. The van der Waals surface area contributed by atoms with Gasteiger partial charge in [-0.2, -0.15) is 0 Å². The molecule has 0 heterocycles. The zero-order valence-electron chi connectivity index (χ0n) is 9.20. The van der Waals surface area contributed by atoms with Gasteiger partial charge in [-0.25, -0.2) is 0 Å². The second kappa shape index (κ2) is 7.55. The molecule has 82 valence electrons. The van der Waals surface area contributed by atoms with E-state index in [1.165, 1.54) is 0 Å². The van der Waals surface area contributed by atoms with Crippen molar-refractivity contribution in [2.75, 3.05) is 0 Å². The van der Waals surface area contributed by atoms with Crippen LogP contribution in [0.3, 0.4) is 0 Å². The van der Waals surface area contributed by atoms with Gasteiger partial charge in [0.05, 0.1) is 0 Å². The topological polar surface area (TPSA) is 58.2 Å². The van der Waals surface area contributed by atoms with Crippen LogP contribution in [0, 0.1) is 6.92 Å². The van der Waals surface area contributed by atoms with Crippen LogP contribution in [0.1, 0.15) is 29.8 Å². The summed E-state index contributed by atoms with van der Waals surface area (Å²) in [4.78, 5) is 21.1. The maximum Gasteiger partial charge on any atom is 0.269 e. The van der Waals surface area contributed by atoms with Crippen molar-refractivity contribution in [2.45, 2.75) is 20.8 Å². The molecule has 0 aromatic heterocycles. The highest BCUT2D eigenvalue weighted by molar-refractivity contribution is 5.94. The van der Waals surface area contributed by atoms with Crippen molar-refractivity contribution in [3.63, 3.8) is 0 Å². The second-order valence-corrected chi connectivity index (χ2v) is 2.59. The van der Waals surface area contributed by atoms with Crippen LogP contribution in [-0.4, -0.2) is 12.3 Å². The van der Waals surface area contributed by atoms with Crippen LogP contribution in [0.4, 0.5) is 0 Å². The molecule has 2 amide bonds. The Bertz CT molecular complexity index is 324. The third kappa shape index (κ3) is 4.81. The number of hydrogen-bond donors (Lipinski definition) is 2. The van der Waals surface area contributed by atoms with Crippen molar-refractivity contribution in [1.29, 1.82) is 0 Å². The lowest BCUT2D eigenvalue weighted by atomic mass is 10.1. The number of hydrogen-bond acceptors (Lipinski definition) is 2. The van der Waals surface area contributed by atoms with Gasteiger partial charge in [0.15, 0.2) is 0 Å². The van der Waals surface area contributed by atoms with Gasteiger partial charge in [-0.15, -0.1) is 0 Å². The Balaban J connectivity index is 0.000000921. The lowest BCUT2D eigenvalue weighted by molar-refractivity contribution is -0.110. The smallest absolute Gasteiger partial charge is 0.269 e. The van der Waals surface area contributed by atoms with E-state index in [2.05, 4.69) is 10.9 Å². The van der Waals surface area contributed by atoms with Gasteiger partial charge < -0.3 is 0 Å². The SMILES string of the molecule is CC.Cc1cccc(C(=O)NNC=O)c1. The Labute approximate surface area is 89.7 Å². The third-order valence-electron chi connectivity index (χ3n) is 1.52. The molecule has 1 rings (SSSR count). The van der Waals surface area contributed by atoms with E-state index in [-0.39, 0.29) is 5.91 Å². The first kappa shape index (κ1) is 13.2. The first-order valence-electron chi connectivity index (χ1n) is 4.80. The van der Waals surface area contributed by atoms with Crippen LogP contribution in [-0.2, 0) is 4.79 Å². The van der Waals surface area contributed by atoms with Crippen LogP contribution in [0.5, 0.6) is 0 Å². The molecule has 0 saturated carbocycles. The van der Waals surface area contributed by atoms with Gasteiger partial charge in [-0.3, -0.25) is 20.4 Å². The molecule has 0 radical (unpaired) electrons. The van der Waals surface area contributed by atoms with E-state index in [9.17, 15) is 9.59 Å². The Morgan fingerprint density at radius 1 is 1.33 bits per heavy atom. The summed E-state index contributed by atoms with van der Waals surface area (Å²) in [5.74, 6) is -0.323. The summed E-state index contributed by atoms with van der Waals surface area (Å²) in [5.41, 5.74) is 5.83. The molecule has 0 unspecified atom stereocenters. The highest BCUT2D eigenvalue weighted by Gasteiger charge is 2.02. The van der Waals surface area contributed by atoms with Crippen molar-refractivity contribution < 1.29 is 9.59 Å². The first-order valence-corrected chi connectivity index (χ1v) is 4.80. The molecule has 15 heavy (non-hydrogen) atoms. The number of hydrazine groups is 1. The van der Waals surface area contributed by atoms with E-state index in [0.29, 0.717) is 12.0 Å². The average molecular weight is 208 g/mol. The number of carbonyl (C=O) groups is 2. The molecule has 0 atom stereocenters. The molecule has 0 aliphatic heterocycles. The highest BCUT2D eigenvalue weighted by Crippen LogP contribution is 2.02. The molecular formula is C11H16N2O2. The van der Waals surface area contributed by atoms with E-state index in [1.807, 2.05) is 26.8 Å². The minimum absolute atomic E-state index is 0.323. The van der Waals surface area contributed by atoms with E-state index < -0.39 is 0 Å². The van der Waals surface area contributed by atoms with Gasteiger partial charge >= 0.3 is 0 Å². The lowest BCUT2D eigenvalue weighted by Gasteiger charge is -2.02. The maximum absolute atomic E-state index is 11.2. The summed E-state index contributed by atoms with van der Waals surface area (Å²) in [6.07, 6.45) is 0.410. The summed E-state index contributed by atoms with van der Waals surface area (Å²) < 4.78 is 0. The largest absolute Gasteiger partial charge is 0.277 e. The van der Waals surface area contributed by atoms with Crippen LogP contribution in [0.25, 0.3) is 0 Å². The van der Waals surface area contributed by atoms with Gasteiger partial charge in [-0.05, 0) is 19.1 Å². The van der Waals surface area contributed by atoms with Crippen molar-refractivity contribution >= 4 is 12.3 Å². The van der Waals surface area contributed by atoms with E-state index in [0.717, 1.165) is 5.56 Å². The van der Waals surface area contributed by atoms with E-state index in [4.69, 9.17) is 0 Å². The molecule has 0 aliphatic carbocycles. The standard InChI is InChI=1S/C9H10N2O2.C2H6/c1-7-3-2-4-8(5-7)9(13)11-10-6-12;1-2/h2-6H,1H3,(H,10,12)(H,11,13);1-2H3. The molecule has 0 aliphatic rings. The van der Waals surface area contributed by atoms with Crippen molar-refractivity contribution in [3.8, 4) is 0 Å². The second-order valence-electron chi connectivity index (χ2n) is 2.59. The summed E-state index contributed by atoms with van der Waals surface area (Å²) in [7, 11) is 0. The minimum Gasteiger partial charge on any atom is -0.277 e. The predicted octanol–water partition coefficient (Wildman–Crippen LogP) is 1.41. The fourth-order valence-electron chi connectivity index (χ4n) is 0.953. The highest BCUT2D eigenvalue weighted by atomic mass is 16.2. The normalized spacial score (nSPS) is 8.20. The number of benzene rings is 1. The van der Waals surface area contributed by atoms with Gasteiger partial charge in [0.25, 0.3) is 5.91 Å². The van der Waals surface area contributed by atoms with Crippen LogP contribution in [0.2, 0.25) is 0 Å². The van der Waals surface area contributed by atoms with Crippen molar-refractivity contribution in [1.82, 2.24) is 10.9 Å². The first-order chi connectivity index (χ1) is 7.24. The van der Waals surface area contributed by atoms with Gasteiger partial charge in [0, 0.05) is 5.56 Å². The molecule has 0 fully saturated rings. The lowest BCUT2D eigenvalue weighted by Crippen LogP contribution is -2.36. The fourth-order valence-corrected chi connectivity index (χ4v) is 0.953. The molecule has 1 aromatic carbocycles. The Morgan fingerprint density at radius 3 is 2.53 bits per heavy atom. The Hall–Kier alpha value is -1.84. The molecule has 1 aromatic rings. The molecule has 0 spiro atoms. The number of aryl methyl sites for hydroxylation is 1. The van der Waals surface area contributed by atoms with Gasteiger partial charge in [-0.1, -0.05) is 31.5 Å². The molecule has 2 N–H and O–H groups in total. The van der Waals surface area contributed by atoms with Gasteiger partial charge in [0.2, 0.25) is 6.41 Å². The number of rotatable bonds is 3. The fraction of sp³-hybridized carbons (Fsp3) is 0.273. The summed E-state index contributed by atoms with van der Waals surface area (Å²) in [5, 5.41) is 0. The van der Waals surface area contributed by atoms with Crippen LogP contribution < -0.4 is 10.9 Å². The summed E-state index contributed by atoms with van der Waals surface area (Å²) in [6.45, 7) is 5.89. The number of nitrogens with one attached hydrogen (secondary N) is 2. The van der Waals surface area contributed by atoms with Gasteiger partial charge in [0.1, 0.15) is 0 Å². The molecule has 0 saturated heterocycles. The van der Waals surface area contributed by atoms with Crippen molar-refractivity contribution in [3.05, 3.63) is 35.4 Å². The van der Waals surface area contributed by atoms with Crippen LogP contribution >= 0.6 is 0 Å². The van der Waals surface area contributed by atoms with Crippen LogP contribution in [0.15, 0.2) is 24.3 Å². The van der Waals surface area contributed by atoms with Crippen molar-refractivity contribution in [2.24, 2.45) is 0 Å². The molecule has 4 heteroatoms. The number of amides is 2. The number of carbonyl (C=O) groups excluding carboxylic acids is 2. The average Bonchev–Trinajstić information content (AvgIpc) is 2.28. The molecule has 0 bridgehead atoms. The third-order valence-corrected chi connectivity index (χ3v) is 1.52. The zero-order chi connectivity index (χ0) is 11.7.